The van der Waals surface area contributed by atoms with Gasteiger partial charge in [-0.05, 0) is 29.8 Å². The number of nitrogens with one attached hydrogen (secondary N) is 2. The average Bonchev–Trinajstić information content (AvgIpc) is 3.02. The first-order valence-corrected chi connectivity index (χ1v) is 8.50. The maximum absolute atomic E-state index is 12.5. The van der Waals surface area contributed by atoms with Gasteiger partial charge in [0.05, 0.1) is 18.8 Å². The fourth-order valence-electron chi connectivity index (χ4n) is 2.73. The minimum Gasteiger partial charge on any atom is -0.447 e. The lowest BCUT2D eigenvalue weighted by Crippen LogP contribution is -2.45. The van der Waals surface area contributed by atoms with Gasteiger partial charge in [0.2, 0.25) is 11.8 Å². The zero-order chi connectivity index (χ0) is 19.2. The Morgan fingerprint density at radius 2 is 2.00 bits per heavy atom. The average molecular weight is 368 g/mol. The quantitative estimate of drug-likeness (QED) is 0.808. The summed E-state index contributed by atoms with van der Waals surface area (Å²) in [6.07, 6.45) is 1.12. The Balaban J connectivity index is 1.61. The number of carbonyl (C=O) groups excluding carboxylic acids is 3. The second-order valence-electron chi connectivity index (χ2n) is 6.14. The number of rotatable bonds is 6. The molecule has 1 aromatic heterocycles. The van der Waals surface area contributed by atoms with Crippen molar-refractivity contribution in [2.75, 3.05) is 11.9 Å². The van der Waals surface area contributed by atoms with E-state index in [0.717, 1.165) is 11.3 Å². The van der Waals surface area contributed by atoms with Gasteiger partial charge in [-0.1, -0.05) is 18.2 Å². The van der Waals surface area contributed by atoms with Gasteiger partial charge >= 0.3 is 6.09 Å². The van der Waals surface area contributed by atoms with Gasteiger partial charge in [0.1, 0.15) is 12.6 Å². The number of ether oxygens (including phenoxy) is 1. The largest absolute Gasteiger partial charge is 0.447 e. The van der Waals surface area contributed by atoms with Gasteiger partial charge in [0, 0.05) is 18.8 Å². The van der Waals surface area contributed by atoms with Crippen molar-refractivity contribution in [3.63, 3.8) is 0 Å². The first kappa shape index (κ1) is 18.4. The van der Waals surface area contributed by atoms with Gasteiger partial charge in [-0.25, -0.2) is 4.79 Å². The van der Waals surface area contributed by atoms with Crippen LogP contribution in [0.2, 0.25) is 0 Å². The zero-order valence-electron chi connectivity index (χ0n) is 14.8. The van der Waals surface area contributed by atoms with Gasteiger partial charge in [0.15, 0.2) is 0 Å². The molecule has 140 valence electrons. The molecule has 0 radical (unpaired) electrons. The number of anilines is 1. The van der Waals surface area contributed by atoms with Crippen molar-refractivity contribution in [3.05, 3.63) is 59.9 Å². The minimum atomic E-state index is -0.698. The third kappa shape index (κ3) is 4.81. The molecule has 1 aliphatic heterocycles. The van der Waals surface area contributed by atoms with E-state index in [0.29, 0.717) is 5.69 Å². The summed E-state index contributed by atoms with van der Waals surface area (Å²) in [5.41, 5.74) is 2.22. The van der Waals surface area contributed by atoms with E-state index >= 15 is 0 Å². The van der Waals surface area contributed by atoms with Crippen LogP contribution >= 0.6 is 0 Å². The Bertz CT molecular complexity index is 823. The zero-order valence-corrected chi connectivity index (χ0v) is 14.8. The molecule has 2 N–H and O–H groups in total. The van der Waals surface area contributed by atoms with E-state index < -0.39 is 12.1 Å². The molecule has 3 amide bonds. The van der Waals surface area contributed by atoms with Crippen molar-refractivity contribution in [3.8, 4) is 0 Å². The summed E-state index contributed by atoms with van der Waals surface area (Å²) in [7, 11) is 0. The highest BCUT2D eigenvalue weighted by molar-refractivity contribution is 5.89. The summed E-state index contributed by atoms with van der Waals surface area (Å²) in [6, 6.07) is 11.8. The Morgan fingerprint density at radius 1 is 1.22 bits per heavy atom. The molecule has 8 heteroatoms. The molecular formula is C19H20N4O4. The lowest BCUT2D eigenvalue weighted by atomic mass is 10.1. The van der Waals surface area contributed by atoms with Crippen LogP contribution in [0, 0.1) is 0 Å². The fourth-order valence-corrected chi connectivity index (χ4v) is 2.73. The molecule has 3 rings (SSSR count). The molecule has 1 fully saturated rings. The molecule has 0 bridgehead atoms. The summed E-state index contributed by atoms with van der Waals surface area (Å²) >= 11 is 0. The lowest BCUT2D eigenvalue weighted by molar-refractivity contribution is -0.125. The van der Waals surface area contributed by atoms with Gasteiger partial charge in [-0.2, -0.15) is 0 Å². The highest BCUT2D eigenvalue weighted by Crippen LogP contribution is 2.18. The molecular weight excluding hydrogens is 348 g/mol. The van der Waals surface area contributed by atoms with Crippen molar-refractivity contribution in [1.82, 2.24) is 15.2 Å². The number of hydrogen-bond acceptors (Lipinski definition) is 5. The van der Waals surface area contributed by atoms with Crippen LogP contribution in [-0.2, 0) is 27.4 Å². The number of cyclic esters (lactones) is 1. The minimum absolute atomic E-state index is 0.0108. The highest BCUT2D eigenvalue weighted by atomic mass is 16.6. The normalized spacial score (nSPS) is 16.0. The number of carbonyl (C=O) groups is 3. The van der Waals surface area contributed by atoms with E-state index in [9.17, 15) is 14.4 Å². The van der Waals surface area contributed by atoms with Crippen molar-refractivity contribution < 1.29 is 19.1 Å². The second-order valence-corrected chi connectivity index (χ2v) is 6.14. The van der Waals surface area contributed by atoms with Crippen LogP contribution in [-0.4, -0.2) is 40.4 Å². The number of benzene rings is 1. The maximum atomic E-state index is 12.5. The van der Waals surface area contributed by atoms with Gasteiger partial charge < -0.3 is 15.4 Å². The monoisotopic (exact) mass is 368 g/mol. The Hall–Kier alpha value is -3.42. The number of pyridine rings is 1. The maximum Gasteiger partial charge on any atom is 0.410 e. The SMILES string of the molecule is CC(=O)Nc1ccc(CN2C(=O)OC[C@H]2C(=O)NCc2ccccn2)cc1. The first-order chi connectivity index (χ1) is 13.0. The molecule has 2 aromatic rings. The summed E-state index contributed by atoms with van der Waals surface area (Å²) in [4.78, 5) is 41.1. The number of nitrogens with zero attached hydrogens (tertiary/aromatic N) is 2. The molecule has 0 unspecified atom stereocenters. The van der Waals surface area contributed by atoms with Crippen molar-refractivity contribution in [1.29, 1.82) is 0 Å². The van der Waals surface area contributed by atoms with Crippen molar-refractivity contribution >= 4 is 23.6 Å². The third-order valence-electron chi connectivity index (χ3n) is 4.08. The van der Waals surface area contributed by atoms with E-state index in [1.165, 1.54) is 11.8 Å². The van der Waals surface area contributed by atoms with Crippen LogP contribution in [0.15, 0.2) is 48.7 Å². The van der Waals surface area contributed by atoms with E-state index in [4.69, 9.17) is 4.74 Å². The summed E-state index contributed by atoms with van der Waals surface area (Å²) in [6.45, 7) is 1.96. The van der Waals surface area contributed by atoms with E-state index in [1.807, 2.05) is 12.1 Å². The van der Waals surface area contributed by atoms with Crippen LogP contribution in [0.5, 0.6) is 0 Å². The predicted molar refractivity (Wildman–Crippen MR) is 97.5 cm³/mol. The molecule has 8 nitrogen and oxygen atoms in total. The molecule has 0 aliphatic carbocycles. The van der Waals surface area contributed by atoms with E-state index in [-0.39, 0.29) is 31.5 Å². The fraction of sp³-hybridized carbons (Fsp3) is 0.263. The summed E-state index contributed by atoms with van der Waals surface area (Å²) in [5.74, 6) is -0.447. The van der Waals surface area contributed by atoms with Gasteiger partial charge in [0.25, 0.3) is 0 Å². The molecule has 0 spiro atoms. The van der Waals surface area contributed by atoms with E-state index in [2.05, 4.69) is 15.6 Å². The molecule has 1 aromatic carbocycles. The lowest BCUT2D eigenvalue weighted by Gasteiger charge is -2.21. The molecule has 27 heavy (non-hydrogen) atoms. The van der Waals surface area contributed by atoms with Crippen LogP contribution in [0.1, 0.15) is 18.2 Å². The number of amides is 3. The molecule has 1 aliphatic rings. The van der Waals surface area contributed by atoms with Crippen LogP contribution in [0.4, 0.5) is 10.5 Å². The van der Waals surface area contributed by atoms with Gasteiger partial charge in [-0.3, -0.25) is 19.5 Å². The molecule has 2 heterocycles. The smallest absolute Gasteiger partial charge is 0.410 e. The second kappa shape index (κ2) is 8.31. The molecule has 1 saturated heterocycles. The highest BCUT2D eigenvalue weighted by Gasteiger charge is 2.37. The Labute approximate surface area is 156 Å². The number of hydrogen-bond donors (Lipinski definition) is 2. The van der Waals surface area contributed by atoms with Crippen LogP contribution in [0.3, 0.4) is 0 Å². The summed E-state index contributed by atoms with van der Waals surface area (Å²) in [5, 5.41) is 5.46. The predicted octanol–water partition coefficient (Wildman–Crippen LogP) is 1.68. The van der Waals surface area contributed by atoms with Gasteiger partial charge in [-0.15, -0.1) is 0 Å². The Morgan fingerprint density at radius 3 is 2.67 bits per heavy atom. The van der Waals surface area contributed by atoms with E-state index in [1.54, 1.807) is 36.5 Å². The first-order valence-electron chi connectivity index (χ1n) is 8.50. The third-order valence-corrected chi connectivity index (χ3v) is 4.08. The van der Waals surface area contributed by atoms with Crippen molar-refractivity contribution in [2.45, 2.75) is 26.1 Å². The van der Waals surface area contributed by atoms with Crippen LogP contribution < -0.4 is 10.6 Å². The van der Waals surface area contributed by atoms with Crippen molar-refractivity contribution in [2.24, 2.45) is 0 Å². The summed E-state index contributed by atoms with van der Waals surface area (Å²) < 4.78 is 5.05. The molecule has 0 saturated carbocycles. The number of aromatic nitrogens is 1. The van der Waals surface area contributed by atoms with Crippen LogP contribution in [0.25, 0.3) is 0 Å². The molecule has 1 atom stereocenters. The standard InChI is InChI=1S/C19H20N4O4/c1-13(24)22-15-7-5-14(6-8-15)11-23-17(12-27-19(23)26)18(25)21-10-16-4-2-3-9-20-16/h2-9,17H,10-12H2,1H3,(H,21,25)(H,22,24)/t17-/m0/s1. The topological polar surface area (TPSA) is 101 Å². The Kier molecular flexibility index (Phi) is 5.65.